The fraction of sp³-hybridized carbons (Fsp3) is 0.364. The first-order valence-electron chi connectivity index (χ1n) is 11.7. The van der Waals surface area contributed by atoms with Crippen LogP contribution in [0.4, 0.5) is 16.8 Å². The number of carboxylic acid groups (broad SMARTS) is 2. The van der Waals surface area contributed by atoms with Crippen LogP contribution in [0.15, 0.2) is 27.0 Å². The first-order valence-corrected chi connectivity index (χ1v) is 14.6. The van der Waals surface area contributed by atoms with Crippen molar-refractivity contribution in [1.29, 1.82) is 0 Å². The minimum Gasteiger partial charge on any atom is -0.543 e. The lowest BCUT2D eigenvalue weighted by Gasteiger charge is -2.50. The topological polar surface area (TPSA) is 256 Å². The van der Waals surface area contributed by atoms with E-state index in [0.717, 1.165) is 16.2 Å². The fourth-order valence-electron chi connectivity index (χ4n) is 3.80. The zero-order valence-corrected chi connectivity index (χ0v) is 24.3. The summed E-state index contributed by atoms with van der Waals surface area (Å²) < 4.78 is 1.63. The minimum atomic E-state index is -1.54. The van der Waals surface area contributed by atoms with Crippen LogP contribution in [0, 0.1) is 6.92 Å². The Bertz CT molecular complexity index is 1510. The molecule has 218 valence electrons. The third kappa shape index (κ3) is 5.86. The molecular formula is C22H25N9O7S3. The number of rotatable bonds is 10. The van der Waals surface area contributed by atoms with Crippen molar-refractivity contribution in [3.63, 3.8) is 0 Å². The zero-order valence-electron chi connectivity index (χ0n) is 21.8. The first-order chi connectivity index (χ1) is 19.3. The number of aliphatic carboxylic acids is 2. The summed E-state index contributed by atoms with van der Waals surface area (Å²) in [6.07, 6.45) is -1.37. The van der Waals surface area contributed by atoms with E-state index in [0.29, 0.717) is 22.1 Å². The molecule has 0 saturated carbocycles. The van der Waals surface area contributed by atoms with Crippen molar-refractivity contribution in [2.75, 3.05) is 28.7 Å². The number of carbonyl (C=O) groups excluding carboxylic acids is 3. The third-order valence-corrected chi connectivity index (χ3v) is 9.29. The predicted octanol–water partition coefficient (Wildman–Crippen LogP) is -2.19. The number of β-lactam (4-membered cyclic amide) rings is 1. The molecule has 19 heteroatoms. The predicted molar refractivity (Wildman–Crippen MR) is 148 cm³/mol. The highest BCUT2D eigenvalue weighted by Gasteiger charge is 2.53. The molecule has 8 N–H and O–H groups in total. The van der Waals surface area contributed by atoms with Gasteiger partial charge in [0, 0.05) is 16.9 Å². The van der Waals surface area contributed by atoms with E-state index in [1.807, 2.05) is 0 Å². The van der Waals surface area contributed by atoms with Gasteiger partial charge in [0.1, 0.15) is 17.1 Å². The fourth-order valence-corrected chi connectivity index (χ4v) is 6.82. The number of nitrogen functional groups attached to an aromatic ring is 3. The van der Waals surface area contributed by atoms with Crippen molar-refractivity contribution in [3.05, 3.63) is 27.9 Å². The second kappa shape index (κ2) is 11.8. The zero-order chi connectivity index (χ0) is 30.2. The van der Waals surface area contributed by atoms with Gasteiger partial charge >= 0.3 is 11.1 Å². The number of nitrogens with zero attached hydrogens (tertiary/aromatic N) is 5. The number of fused-ring (bicyclic) bond motifs is 1. The Morgan fingerprint density at radius 2 is 2.07 bits per heavy atom. The molecule has 0 radical (unpaired) electrons. The molecule has 16 nitrogen and oxygen atoms in total. The molecule has 3 atom stereocenters. The van der Waals surface area contributed by atoms with E-state index in [4.69, 9.17) is 27.1 Å². The van der Waals surface area contributed by atoms with Crippen molar-refractivity contribution < 1.29 is 38.8 Å². The molecule has 2 amide bonds. The highest BCUT2D eigenvalue weighted by Crippen LogP contribution is 2.41. The van der Waals surface area contributed by atoms with Crippen LogP contribution in [0.1, 0.15) is 18.2 Å². The molecule has 2 aromatic heterocycles. The molecular weight excluding hydrogens is 598 g/mol. The molecule has 0 bridgehead atoms. The average Bonchev–Trinajstić information content (AvgIpc) is 3.36. The second-order valence-corrected chi connectivity index (χ2v) is 11.8. The third-order valence-electron chi connectivity index (χ3n) is 6.17. The average molecular weight is 624 g/mol. The summed E-state index contributed by atoms with van der Waals surface area (Å²) in [4.78, 5) is 63.7. The highest BCUT2D eigenvalue weighted by molar-refractivity contribution is 8.01. The van der Waals surface area contributed by atoms with Gasteiger partial charge in [0.25, 0.3) is 11.8 Å². The summed E-state index contributed by atoms with van der Waals surface area (Å²) in [6.45, 7) is 2.95. The molecule has 4 rings (SSSR count). The summed E-state index contributed by atoms with van der Waals surface area (Å²) in [6, 6.07) is -1.11. The Balaban J connectivity index is 1.52. The van der Waals surface area contributed by atoms with Gasteiger partial charge in [0.05, 0.1) is 24.3 Å². The Labute approximate surface area is 245 Å². The first kappa shape index (κ1) is 29.9. The van der Waals surface area contributed by atoms with Gasteiger partial charge in [-0.2, -0.15) is 0 Å². The number of aromatic nitrogens is 3. The lowest BCUT2D eigenvalue weighted by atomic mass is 10.0. The van der Waals surface area contributed by atoms with Crippen LogP contribution in [0.2, 0.25) is 0 Å². The maximum absolute atomic E-state index is 13.1. The van der Waals surface area contributed by atoms with Crippen molar-refractivity contribution in [3.8, 4) is 0 Å². The molecule has 0 aromatic carbocycles. The number of hydrogen-bond acceptors (Lipinski definition) is 15. The summed E-state index contributed by atoms with van der Waals surface area (Å²) in [5, 5.41) is 28.6. The van der Waals surface area contributed by atoms with Gasteiger partial charge in [0.2, 0.25) is 17.7 Å². The summed E-state index contributed by atoms with van der Waals surface area (Å²) in [7, 11) is 1.70. The van der Waals surface area contributed by atoms with Crippen LogP contribution in [-0.4, -0.2) is 78.5 Å². The van der Waals surface area contributed by atoms with Crippen molar-refractivity contribution in [1.82, 2.24) is 20.2 Å². The quantitative estimate of drug-likeness (QED) is 0.0470. The molecule has 2 aliphatic heterocycles. The van der Waals surface area contributed by atoms with E-state index in [2.05, 4.69) is 20.4 Å². The molecule has 41 heavy (non-hydrogen) atoms. The molecule has 1 unspecified atom stereocenters. The molecule has 4 heterocycles. The second-order valence-electron chi connectivity index (χ2n) is 8.83. The molecule has 2 aromatic rings. The Morgan fingerprint density at radius 3 is 2.68 bits per heavy atom. The number of thiazole rings is 1. The van der Waals surface area contributed by atoms with Crippen LogP contribution < -0.4 is 32.2 Å². The van der Waals surface area contributed by atoms with E-state index < -0.39 is 47.0 Å². The van der Waals surface area contributed by atoms with Gasteiger partial charge in [-0.05, 0) is 31.2 Å². The largest absolute Gasteiger partial charge is 0.543 e. The number of carbonyl (C=O) groups is 4. The maximum Gasteiger partial charge on any atom is 0.347 e. The number of nitrogens with two attached hydrogens (primary N) is 3. The summed E-state index contributed by atoms with van der Waals surface area (Å²) in [5.74, 6) is -3.38. The van der Waals surface area contributed by atoms with Crippen molar-refractivity contribution in [2.24, 2.45) is 12.2 Å². The van der Waals surface area contributed by atoms with E-state index in [1.165, 1.54) is 35.8 Å². The van der Waals surface area contributed by atoms with Crippen LogP contribution in [0.5, 0.6) is 0 Å². The number of hydrogen-bond donors (Lipinski definition) is 5. The van der Waals surface area contributed by atoms with Crippen LogP contribution >= 0.6 is 34.9 Å². The highest BCUT2D eigenvalue weighted by atomic mass is 32.2. The minimum absolute atomic E-state index is 0.0105. The Hall–Kier alpha value is -4.10. The van der Waals surface area contributed by atoms with Crippen LogP contribution in [0.3, 0.4) is 0 Å². The van der Waals surface area contributed by atoms with Gasteiger partial charge < -0.3 is 42.4 Å². The number of oxime groups is 1. The van der Waals surface area contributed by atoms with Gasteiger partial charge in [-0.3, -0.25) is 14.5 Å². The summed E-state index contributed by atoms with van der Waals surface area (Å²) in [5.41, 5.74) is 18.0. The number of thioether (sulfide) groups is 2. The molecule has 2 aliphatic rings. The number of nitrogens with one attached hydrogen (secondary N) is 1. The smallest absolute Gasteiger partial charge is 0.347 e. The summed E-state index contributed by atoms with van der Waals surface area (Å²) >= 11 is 3.46. The van der Waals surface area contributed by atoms with Crippen molar-refractivity contribution >= 4 is 81.1 Å². The number of anilines is 3. The van der Waals surface area contributed by atoms with Gasteiger partial charge in [-0.15, -0.1) is 23.1 Å². The maximum atomic E-state index is 13.1. The monoisotopic (exact) mass is 623 g/mol. The number of carboxylic acids is 2. The van der Waals surface area contributed by atoms with E-state index in [1.54, 1.807) is 18.5 Å². The van der Waals surface area contributed by atoms with E-state index >= 15 is 0 Å². The SMILES string of the molecule is Cc1c(N)nc(SCC2=C(C(=O)[O-])N3C(=O)C(NC(=O)/C(=N\O[C@@H](C)C(=O)O)c4csc(N)n4)[C@H]3SC2)[n+](C)c1N. The van der Waals surface area contributed by atoms with E-state index in [9.17, 15) is 24.3 Å². The molecule has 1 fully saturated rings. The van der Waals surface area contributed by atoms with Crippen LogP contribution in [0.25, 0.3) is 0 Å². The Kier molecular flexibility index (Phi) is 8.59. The molecule has 0 aliphatic carbocycles. The van der Waals surface area contributed by atoms with Gasteiger partial charge in [0.15, 0.2) is 10.8 Å². The molecule has 0 spiro atoms. The van der Waals surface area contributed by atoms with Gasteiger partial charge in [-0.1, -0.05) is 10.1 Å². The van der Waals surface area contributed by atoms with E-state index in [-0.39, 0.29) is 33.8 Å². The number of amides is 2. The van der Waals surface area contributed by atoms with Crippen LogP contribution in [-0.2, 0) is 31.1 Å². The lowest BCUT2D eigenvalue weighted by molar-refractivity contribution is -0.699. The standard InChI is InChI=1S/C22H25N9O7S3/c1-7-14(23)28-22(30(3)15(7)24)41-5-9-4-39-18-12(17(33)31(18)13(9)20(36)37)27-16(32)11(10-6-40-21(25)26-10)29-38-8(2)19(34)35/h6,8,12,18H,4-5H2,1-3H3,(H8,23,24,25,26,27,32,34,35,36,37)/b29-11-/t8-,12?,18+/m0/s1. The molecule has 1 saturated heterocycles. The van der Waals surface area contributed by atoms with Crippen molar-refractivity contribution in [2.45, 2.75) is 36.5 Å². The van der Waals surface area contributed by atoms with Gasteiger partial charge in [-0.25, -0.2) is 14.3 Å². The normalized spacial score (nSPS) is 19.3. The Morgan fingerprint density at radius 1 is 1.37 bits per heavy atom. The lowest BCUT2D eigenvalue weighted by Crippen LogP contribution is -2.71.